The summed E-state index contributed by atoms with van der Waals surface area (Å²) in [6.45, 7) is 6.69. The summed E-state index contributed by atoms with van der Waals surface area (Å²) in [6, 6.07) is 8.99. The smallest absolute Gasteiger partial charge is 0.317 e. The molecule has 1 amide bonds. The number of rotatable bonds is 8. The highest BCUT2D eigenvalue weighted by molar-refractivity contribution is 5.97. The number of anilines is 1. The first-order valence-electron chi connectivity index (χ1n) is 7.33. The number of carboxylic acids is 1. The number of amides is 1. The molecule has 1 atom stereocenters. The van der Waals surface area contributed by atoms with Crippen molar-refractivity contribution in [2.75, 3.05) is 24.5 Å². The number of para-hydroxylation sites is 1. The molecule has 5 nitrogen and oxygen atoms in total. The predicted molar refractivity (Wildman–Crippen MR) is 83.4 cm³/mol. The van der Waals surface area contributed by atoms with E-state index in [0.717, 1.165) is 12.1 Å². The number of hydrogen-bond acceptors (Lipinski definition) is 3. The average molecular weight is 292 g/mol. The molecule has 0 radical (unpaired) electrons. The first-order valence-corrected chi connectivity index (χ1v) is 7.33. The van der Waals surface area contributed by atoms with Crippen molar-refractivity contribution >= 4 is 17.6 Å². The van der Waals surface area contributed by atoms with E-state index < -0.39 is 12.0 Å². The van der Waals surface area contributed by atoms with Crippen LogP contribution in [-0.4, -0.2) is 47.6 Å². The zero-order valence-electron chi connectivity index (χ0n) is 13.0. The van der Waals surface area contributed by atoms with Gasteiger partial charge in [-0.15, -0.1) is 0 Å². The Labute approximate surface area is 126 Å². The van der Waals surface area contributed by atoms with Crippen molar-refractivity contribution in [3.63, 3.8) is 0 Å². The van der Waals surface area contributed by atoms with Crippen molar-refractivity contribution in [3.8, 4) is 0 Å². The van der Waals surface area contributed by atoms with Crippen LogP contribution in [0.1, 0.15) is 27.2 Å². The molecule has 116 valence electrons. The molecule has 5 heteroatoms. The van der Waals surface area contributed by atoms with Gasteiger partial charge in [-0.2, -0.15) is 0 Å². The fraction of sp³-hybridized carbons (Fsp3) is 0.500. The molecular weight excluding hydrogens is 268 g/mol. The normalized spacial score (nSPS) is 12.2. The number of nitrogens with zero attached hydrogens (tertiary/aromatic N) is 2. The lowest BCUT2D eigenvalue weighted by Gasteiger charge is -2.31. The Bertz CT molecular complexity index is 462. The van der Waals surface area contributed by atoms with Gasteiger partial charge >= 0.3 is 5.97 Å². The highest BCUT2D eigenvalue weighted by atomic mass is 16.4. The highest BCUT2D eigenvalue weighted by Gasteiger charge is 2.26. The van der Waals surface area contributed by atoms with Gasteiger partial charge in [-0.3, -0.25) is 14.5 Å². The molecule has 0 aliphatic heterocycles. The zero-order valence-corrected chi connectivity index (χ0v) is 13.0. The van der Waals surface area contributed by atoms with Gasteiger partial charge in [0.05, 0.1) is 12.6 Å². The van der Waals surface area contributed by atoms with Crippen LogP contribution in [0.5, 0.6) is 0 Å². The molecule has 0 heterocycles. The van der Waals surface area contributed by atoms with E-state index in [1.165, 1.54) is 0 Å². The number of hydrogen-bond donors (Lipinski definition) is 1. The van der Waals surface area contributed by atoms with Gasteiger partial charge in [0.25, 0.3) is 0 Å². The van der Waals surface area contributed by atoms with Crippen molar-refractivity contribution in [2.24, 2.45) is 0 Å². The molecule has 21 heavy (non-hydrogen) atoms. The van der Waals surface area contributed by atoms with E-state index in [0.29, 0.717) is 13.1 Å². The van der Waals surface area contributed by atoms with Crippen LogP contribution in [0.3, 0.4) is 0 Å². The van der Waals surface area contributed by atoms with E-state index in [2.05, 4.69) is 0 Å². The summed E-state index contributed by atoms with van der Waals surface area (Å²) in [5.41, 5.74) is 0.837. The third-order valence-corrected chi connectivity index (χ3v) is 3.40. The lowest BCUT2D eigenvalue weighted by Crippen LogP contribution is -2.49. The molecule has 0 bridgehead atoms. The number of carbonyl (C=O) groups is 2. The van der Waals surface area contributed by atoms with E-state index in [4.69, 9.17) is 5.11 Å². The van der Waals surface area contributed by atoms with Gasteiger partial charge < -0.3 is 10.0 Å². The van der Waals surface area contributed by atoms with Gasteiger partial charge in [-0.25, -0.2) is 0 Å². The topological polar surface area (TPSA) is 60.9 Å². The summed E-state index contributed by atoms with van der Waals surface area (Å²) in [7, 11) is 0. The maximum Gasteiger partial charge on any atom is 0.317 e. The highest BCUT2D eigenvalue weighted by Crippen LogP contribution is 2.16. The quantitative estimate of drug-likeness (QED) is 0.798. The molecule has 0 aromatic heterocycles. The van der Waals surface area contributed by atoms with Crippen molar-refractivity contribution in [1.29, 1.82) is 0 Å². The molecule has 1 aromatic rings. The lowest BCUT2D eigenvalue weighted by atomic mass is 10.2. The van der Waals surface area contributed by atoms with E-state index in [1.807, 2.05) is 44.2 Å². The maximum absolute atomic E-state index is 12.7. The Hall–Kier alpha value is -1.88. The van der Waals surface area contributed by atoms with Gasteiger partial charge in [0.15, 0.2) is 0 Å². The number of carbonyl (C=O) groups excluding carboxylic acids is 1. The van der Waals surface area contributed by atoms with Crippen molar-refractivity contribution in [1.82, 2.24) is 4.90 Å². The average Bonchev–Trinajstić information content (AvgIpc) is 2.47. The SMILES string of the molecule is CCCN(CC(=O)O)C(C)C(=O)N(CC)c1ccccc1. The first-order chi connectivity index (χ1) is 10.0. The van der Waals surface area contributed by atoms with Crippen LogP contribution in [0.25, 0.3) is 0 Å². The Kier molecular flexibility index (Phi) is 6.88. The molecule has 1 unspecified atom stereocenters. The van der Waals surface area contributed by atoms with Crippen molar-refractivity contribution in [2.45, 2.75) is 33.2 Å². The maximum atomic E-state index is 12.7. The summed E-state index contributed by atoms with van der Waals surface area (Å²) in [5, 5.41) is 8.99. The summed E-state index contributed by atoms with van der Waals surface area (Å²) in [5.74, 6) is -0.982. The Morgan fingerprint density at radius 3 is 2.29 bits per heavy atom. The Balaban J connectivity index is 2.89. The third-order valence-electron chi connectivity index (χ3n) is 3.40. The molecule has 1 N–H and O–H groups in total. The van der Waals surface area contributed by atoms with Gasteiger partial charge in [0, 0.05) is 12.2 Å². The fourth-order valence-corrected chi connectivity index (χ4v) is 2.33. The monoisotopic (exact) mass is 292 g/mol. The molecule has 1 aromatic carbocycles. The van der Waals surface area contributed by atoms with Crippen LogP contribution in [0.4, 0.5) is 5.69 Å². The summed E-state index contributed by atoms with van der Waals surface area (Å²) in [4.78, 5) is 27.0. The Morgan fingerprint density at radius 2 is 1.81 bits per heavy atom. The molecular formula is C16H24N2O3. The molecule has 0 aliphatic rings. The zero-order chi connectivity index (χ0) is 15.8. The largest absolute Gasteiger partial charge is 0.480 e. The summed E-state index contributed by atoms with van der Waals surface area (Å²) < 4.78 is 0. The van der Waals surface area contributed by atoms with Gasteiger partial charge in [0.2, 0.25) is 5.91 Å². The molecule has 0 saturated heterocycles. The van der Waals surface area contributed by atoms with Gasteiger partial charge in [-0.05, 0) is 38.9 Å². The van der Waals surface area contributed by atoms with Crippen LogP contribution >= 0.6 is 0 Å². The molecule has 0 saturated carbocycles. The second-order valence-electron chi connectivity index (χ2n) is 4.96. The van der Waals surface area contributed by atoms with Gasteiger partial charge in [0.1, 0.15) is 0 Å². The second kappa shape index (κ2) is 8.42. The van der Waals surface area contributed by atoms with E-state index in [-0.39, 0.29) is 12.5 Å². The molecule has 1 rings (SSSR count). The molecule has 0 fully saturated rings. The van der Waals surface area contributed by atoms with E-state index in [1.54, 1.807) is 16.7 Å². The van der Waals surface area contributed by atoms with Crippen LogP contribution in [0, 0.1) is 0 Å². The van der Waals surface area contributed by atoms with Crippen LogP contribution in [0.2, 0.25) is 0 Å². The second-order valence-corrected chi connectivity index (χ2v) is 4.96. The number of benzene rings is 1. The fourth-order valence-electron chi connectivity index (χ4n) is 2.33. The van der Waals surface area contributed by atoms with E-state index >= 15 is 0 Å². The standard InChI is InChI=1S/C16H24N2O3/c1-4-11-17(12-15(19)20)13(3)16(21)18(5-2)14-9-7-6-8-10-14/h6-10,13H,4-5,11-12H2,1-3H3,(H,19,20). The molecule has 0 aliphatic carbocycles. The van der Waals surface area contributed by atoms with Gasteiger partial charge in [-0.1, -0.05) is 25.1 Å². The summed E-state index contributed by atoms with van der Waals surface area (Å²) in [6.07, 6.45) is 0.808. The van der Waals surface area contributed by atoms with Crippen LogP contribution in [0.15, 0.2) is 30.3 Å². The minimum atomic E-state index is -0.911. The van der Waals surface area contributed by atoms with E-state index in [9.17, 15) is 9.59 Å². The lowest BCUT2D eigenvalue weighted by molar-refractivity contribution is -0.139. The first kappa shape index (κ1) is 17.2. The molecule has 0 spiro atoms. The number of carboxylic acid groups (broad SMARTS) is 1. The van der Waals surface area contributed by atoms with Crippen LogP contribution < -0.4 is 4.90 Å². The minimum Gasteiger partial charge on any atom is -0.480 e. The minimum absolute atomic E-state index is 0.0709. The predicted octanol–water partition coefficient (Wildman–Crippen LogP) is 2.22. The number of aliphatic carboxylic acids is 1. The number of likely N-dealkylation sites (N-methyl/N-ethyl adjacent to an activating group) is 1. The Morgan fingerprint density at radius 1 is 1.19 bits per heavy atom. The van der Waals surface area contributed by atoms with Crippen LogP contribution in [-0.2, 0) is 9.59 Å². The van der Waals surface area contributed by atoms with Crippen molar-refractivity contribution < 1.29 is 14.7 Å². The summed E-state index contributed by atoms with van der Waals surface area (Å²) >= 11 is 0. The van der Waals surface area contributed by atoms with Crippen molar-refractivity contribution in [3.05, 3.63) is 30.3 Å². The third kappa shape index (κ3) is 4.86.